The van der Waals surface area contributed by atoms with Crippen LogP contribution < -0.4 is 15.2 Å². The molecule has 2 aromatic carbocycles. The molecule has 0 radical (unpaired) electrons. The molecule has 0 saturated heterocycles. The summed E-state index contributed by atoms with van der Waals surface area (Å²) in [6, 6.07) is 7.68. The number of nitrogen functional groups attached to an aromatic ring is 1. The van der Waals surface area contributed by atoms with Crippen molar-refractivity contribution < 1.29 is 18.3 Å². The summed E-state index contributed by atoms with van der Waals surface area (Å²) in [5, 5.41) is 0. The molecule has 0 spiro atoms. The molecular formula is C14H13F2NO2. The summed E-state index contributed by atoms with van der Waals surface area (Å²) >= 11 is 0. The Labute approximate surface area is 109 Å². The summed E-state index contributed by atoms with van der Waals surface area (Å²) in [5.74, 6) is -0.637. The summed E-state index contributed by atoms with van der Waals surface area (Å²) in [4.78, 5) is 0. The standard InChI is InChI=1S/C14H13F2NO2/c1-2-18-11-6-10(17)7-12(8-11)19-14-5-9(15)3-4-13(14)16/h3-8H,2,17H2,1H3. The van der Waals surface area contributed by atoms with Crippen LogP contribution >= 0.6 is 0 Å². The fourth-order valence-electron chi connectivity index (χ4n) is 1.59. The number of rotatable bonds is 4. The van der Waals surface area contributed by atoms with E-state index in [4.69, 9.17) is 15.2 Å². The van der Waals surface area contributed by atoms with Crippen molar-refractivity contribution in [3.63, 3.8) is 0 Å². The van der Waals surface area contributed by atoms with Gasteiger partial charge in [0.15, 0.2) is 11.6 Å². The number of hydrogen-bond acceptors (Lipinski definition) is 3. The second-order valence-electron chi connectivity index (χ2n) is 3.85. The number of ether oxygens (including phenoxy) is 2. The fourth-order valence-corrected chi connectivity index (χ4v) is 1.59. The molecule has 2 rings (SSSR count). The Morgan fingerprint density at radius 3 is 2.53 bits per heavy atom. The minimum absolute atomic E-state index is 0.201. The quantitative estimate of drug-likeness (QED) is 0.856. The maximum Gasteiger partial charge on any atom is 0.165 e. The fraction of sp³-hybridized carbons (Fsp3) is 0.143. The zero-order valence-corrected chi connectivity index (χ0v) is 10.3. The van der Waals surface area contributed by atoms with Crippen molar-refractivity contribution in [1.82, 2.24) is 0 Å². The number of hydrogen-bond donors (Lipinski definition) is 1. The van der Waals surface area contributed by atoms with Gasteiger partial charge in [-0.05, 0) is 19.1 Å². The van der Waals surface area contributed by atoms with Crippen molar-refractivity contribution in [3.05, 3.63) is 48.0 Å². The maximum absolute atomic E-state index is 13.5. The van der Waals surface area contributed by atoms with Gasteiger partial charge < -0.3 is 15.2 Å². The number of anilines is 1. The molecule has 0 bridgehead atoms. The van der Waals surface area contributed by atoms with Gasteiger partial charge >= 0.3 is 0 Å². The minimum atomic E-state index is -0.651. The molecule has 0 aliphatic rings. The molecule has 0 amide bonds. The maximum atomic E-state index is 13.5. The molecule has 100 valence electrons. The molecule has 2 aromatic rings. The van der Waals surface area contributed by atoms with Crippen LogP contribution in [0.3, 0.4) is 0 Å². The zero-order chi connectivity index (χ0) is 13.8. The van der Waals surface area contributed by atoms with Gasteiger partial charge in [-0.2, -0.15) is 0 Å². The zero-order valence-electron chi connectivity index (χ0n) is 10.3. The first-order valence-corrected chi connectivity index (χ1v) is 5.74. The van der Waals surface area contributed by atoms with Gasteiger partial charge in [-0.15, -0.1) is 0 Å². The molecule has 5 heteroatoms. The van der Waals surface area contributed by atoms with Gasteiger partial charge in [0.25, 0.3) is 0 Å². The lowest BCUT2D eigenvalue weighted by molar-refractivity contribution is 0.338. The first kappa shape index (κ1) is 13.1. The van der Waals surface area contributed by atoms with Crippen LogP contribution in [0.5, 0.6) is 17.2 Å². The molecule has 19 heavy (non-hydrogen) atoms. The first-order valence-electron chi connectivity index (χ1n) is 5.74. The second kappa shape index (κ2) is 5.56. The van der Waals surface area contributed by atoms with Crippen LogP contribution in [0.4, 0.5) is 14.5 Å². The third-order valence-electron chi connectivity index (χ3n) is 2.33. The second-order valence-corrected chi connectivity index (χ2v) is 3.85. The van der Waals surface area contributed by atoms with Crippen molar-refractivity contribution in [2.45, 2.75) is 6.92 Å². The highest BCUT2D eigenvalue weighted by Crippen LogP contribution is 2.30. The summed E-state index contributed by atoms with van der Waals surface area (Å²) in [7, 11) is 0. The Morgan fingerprint density at radius 1 is 1.05 bits per heavy atom. The molecule has 0 heterocycles. The van der Waals surface area contributed by atoms with Gasteiger partial charge in [0.2, 0.25) is 0 Å². The Balaban J connectivity index is 2.29. The molecule has 0 fully saturated rings. The van der Waals surface area contributed by atoms with Crippen LogP contribution in [-0.2, 0) is 0 Å². The van der Waals surface area contributed by atoms with E-state index in [-0.39, 0.29) is 11.5 Å². The van der Waals surface area contributed by atoms with E-state index in [1.807, 2.05) is 6.92 Å². The van der Waals surface area contributed by atoms with Gasteiger partial charge in [-0.25, -0.2) is 8.78 Å². The van der Waals surface area contributed by atoms with E-state index in [1.54, 1.807) is 12.1 Å². The summed E-state index contributed by atoms with van der Waals surface area (Å²) < 4.78 is 37.1. The summed E-state index contributed by atoms with van der Waals surface area (Å²) in [6.45, 7) is 2.30. The average Bonchev–Trinajstić information content (AvgIpc) is 2.33. The highest BCUT2D eigenvalue weighted by molar-refractivity contribution is 5.51. The molecule has 3 nitrogen and oxygen atoms in total. The van der Waals surface area contributed by atoms with Crippen LogP contribution in [-0.4, -0.2) is 6.61 Å². The molecule has 0 aromatic heterocycles. The lowest BCUT2D eigenvalue weighted by Gasteiger charge is -2.10. The molecule has 0 saturated carbocycles. The van der Waals surface area contributed by atoms with Crippen molar-refractivity contribution in [3.8, 4) is 17.2 Å². The highest BCUT2D eigenvalue weighted by Gasteiger charge is 2.08. The van der Waals surface area contributed by atoms with Crippen molar-refractivity contribution in [1.29, 1.82) is 0 Å². The van der Waals surface area contributed by atoms with E-state index in [2.05, 4.69) is 0 Å². The predicted molar refractivity (Wildman–Crippen MR) is 68.5 cm³/mol. The monoisotopic (exact) mass is 265 g/mol. The smallest absolute Gasteiger partial charge is 0.165 e. The molecule has 2 N–H and O–H groups in total. The highest BCUT2D eigenvalue weighted by atomic mass is 19.1. The number of halogens is 2. The van der Waals surface area contributed by atoms with Crippen molar-refractivity contribution in [2.24, 2.45) is 0 Å². The Bertz CT molecular complexity index is 588. The normalized spacial score (nSPS) is 10.3. The molecule has 0 atom stereocenters. The van der Waals surface area contributed by atoms with Gasteiger partial charge in [0, 0.05) is 30.0 Å². The van der Waals surface area contributed by atoms with E-state index in [0.717, 1.165) is 18.2 Å². The number of nitrogens with two attached hydrogens (primary N) is 1. The minimum Gasteiger partial charge on any atom is -0.494 e. The predicted octanol–water partition coefficient (Wildman–Crippen LogP) is 3.74. The molecule has 0 aliphatic carbocycles. The van der Waals surface area contributed by atoms with E-state index in [9.17, 15) is 8.78 Å². The molecule has 0 aliphatic heterocycles. The largest absolute Gasteiger partial charge is 0.494 e. The SMILES string of the molecule is CCOc1cc(N)cc(Oc2cc(F)ccc2F)c1. The summed E-state index contributed by atoms with van der Waals surface area (Å²) in [5.41, 5.74) is 6.10. The van der Waals surface area contributed by atoms with Crippen LogP contribution in [0.2, 0.25) is 0 Å². The van der Waals surface area contributed by atoms with Crippen LogP contribution in [0, 0.1) is 11.6 Å². The third kappa shape index (κ3) is 3.34. The lowest BCUT2D eigenvalue weighted by Crippen LogP contribution is -1.95. The van der Waals surface area contributed by atoms with Gasteiger partial charge in [-0.3, -0.25) is 0 Å². The van der Waals surface area contributed by atoms with E-state index in [1.165, 1.54) is 6.07 Å². The topological polar surface area (TPSA) is 44.5 Å². The van der Waals surface area contributed by atoms with E-state index >= 15 is 0 Å². The van der Waals surface area contributed by atoms with Crippen LogP contribution in [0.15, 0.2) is 36.4 Å². The van der Waals surface area contributed by atoms with E-state index < -0.39 is 11.6 Å². The van der Waals surface area contributed by atoms with Gasteiger partial charge in [0.05, 0.1) is 6.61 Å². The molecule has 0 unspecified atom stereocenters. The molecular weight excluding hydrogens is 252 g/mol. The first-order chi connectivity index (χ1) is 9.08. The van der Waals surface area contributed by atoms with Crippen molar-refractivity contribution in [2.75, 3.05) is 12.3 Å². The Kier molecular flexibility index (Phi) is 3.85. The van der Waals surface area contributed by atoms with Gasteiger partial charge in [-0.1, -0.05) is 0 Å². The summed E-state index contributed by atoms with van der Waals surface area (Å²) in [6.07, 6.45) is 0. The third-order valence-corrected chi connectivity index (χ3v) is 2.33. The van der Waals surface area contributed by atoms with Crippen LogP contribution in [0.25, 0.3) is 0 Å². The lowest BCUT2D eigenvalue weighted by atomic mass is 10.2. The van der Waals surface area contributed by atoms with Gasteiger partial charge in [0.1, 0.15) is 17.3 Å². The van der Waals surface area contributed by atoms with E-state index in [0.29, 0.717) is 18.0 Å². The Hall–Kier alpha value is -2.30. The number of benzene rings is 2. The van der Waals surface area contributed by atoms with Crippen molar-refractivity contribution >= 4 is 5.69 Å². The van der Waals surface area contributed by atoms with Crippen LogP contribution in [0.1, 0.15) is 6.92 Å². The average molecular weight is 265 g/mol. The Morgan fingerprint density at radius 2 is 1.79 bits per heavy atom.